The van der Waals surface area contributed by atoms with Gasteiger partial charge in [0, 0.05) is 24.6 Å². The number of benzene rings is 1. The Balaban J connectivity index is 1.71. The fourth-order valence-electron chi connectivity index (χ4n) is 2.48. The highest BCUT2D eigenvalue weighted by Crippen LogP contribution is 2.25. The second-order valence-electron chi connectivity index (χ2n) is 5.47. The van der Waals surface area contributed by atoms with E-state index in [9.17, 15) is 9.59 Å². The average molecular weight is 380 g/mol. The normalized spacial score (nSPS) is 16.5. The van der Waals surface area contributed by atoms with E-state index in [-0.39, 0.29) is 21.5 Å². The van der Waals surface area contributed by atoms with Crippen LogP contribution in [0.1, 0.15) is 23.2 Å². The summed E-state index contributed by atoms with van der Waals surface area (Å²) in [6, 6.07) is 7.98. The average Bonchev–Trinajstić information content (AvgIpc) is 3.09. The quantitative estimate of drug-likeness (QED) is 0.847. The van der Waals surface area contributed by atoms with Crippen molar-refractivity contribution < 1.29 is 14.3 Å². The summed E-state index contributed by atoms with van der Waals surface area (Å²) in [6.45, 7) is 0.584. The smallest absolute Gasteiger partial charge is 0.258 e. The number of carbonyl (C=O) groups excluding carboxylic acids is 2. The summed E-state index contributed by atoms with van der Waals surface area (Å²) < 4.78 is 5.33. The van der Waals surface area contributed by atoms with E-state index in [1.807, 2.05) is 0 Å². The SMILES string of the molecule is O=C(Nc1ccnc(NC(=O)C2CCCO2)c1)c1c(Cl)cccc1Cl. The predicted molar refractivity (Wildman–Crippen MR) is 96.3 cm³/mol. The van der Waals surface area contributed by atoms with Gasteiger partial charge in [-0.1, -0.05) is 29.3 Å². The Morgan fingerprint density at radius 1 is 1.16 bits per heavy atom. The van der Waals surface area contributed by atoms with Crippen molar-refractivity contribution in [2.75, 3.05) is 17.2 Å². The van der Waals surface area contributed by atoms with Crippen LogP contribution in [0.2, 0.25) is 10.0 Å². The number of anilines is 2. The van der Waals surface area contributed by atoms with Gasteiger partial charge < -0.3 is 15.4 Å². The van der Waals surface area contributed by atoms with E-state index in [0.717, 1.165) is 6.42 Å². The maximum atomic E-state index is 12.4. The fourth-order valence-corrected chi connectivity index (χ4v) is 3.05. The van der Waals surface area contributed by atoms with Crippen molar-refractivity contribution >= 4 is 46.5 Å². The van der Waals surface area contributed by atoms with Crippen molar-refractivity contribution in [1.29, 1.82) is 0 Å². The van der Waals surface area contributed by atoms with Gasteiger partial charge in [0.15, 0.2) is 0 Å². The molecule has 6 nitrogen and oxygen atoms in total. The van der Waals surface area contributed by atoms with Gasteiger partial charge in [-0.3, -0.25) is 9.59 Å². The third kappa shape index (κ3) is 4.28. The van der Waals surface area contributed by atoms with Crippen LogP contribution in [-0.4, -0.2) is 29.5 Å². The number of hydrogen-bond acceptors (Lipinski definition) is 4. The molecular weight excluding hydrogens is 365 g/mol. The predicted octanol–water partition coefficient (Wildman–Crippen LogP) is 3.76. The van der Waals surface area contributed by atoms with Gasteiger partial charge in [-0.05, 0) is 31.0 Å². The Hall–Kier alpha value is -2.15. The summed E-state index contributed by atoms with van der Waals surface area (Å²) in [5.74, 6) is -0.371. The minimum Gasteiger partial charge on any atom is -0.368 e. The summed E-state index contributed by atoms with van der Waals surface area (Å²) in [6.07, 6.45) is 2.57. The van der Waals surface area contributed by atoms with Gasteiger partial charge in [0.1, 0.15) is 11.9 Å². The lowest BCUT2D eigenvalue weighted by atomic mass is 10.2. The van der Waals surface area contributed by atoms with Gasteiger partial charge in [-0.2, -0.15) is 0 Å². The van der Waals surface area contributed by atoms with Gasteiger partial charge in [-0.25, -0.2) is 4.98 Å². The third-order valence-corrected chi connectivity index (χ3v) is 4.31. The van der Waals surface area contributed by atoms with Crippen LogP contribution in [0.25, 0.3) is 0 Å². The first-order valence-electron chi connectivity index (χ1n) is 7.68. The number of hydrogen-bond donors (Lipinski definition) is 2. The monoisotopic (exact) mass is 379 g/mol. The van der Waals surface area contributed by atoms with Crippen LogP contribution in [-0.2, 0) is 9.53 Å². The number of pyridine rings is 1. The zero-order chi connectivity index (χ0) is 17.8. The van der Waals surface area contributed by atoms with Crippen molar-refractivity contribution in [1.82, 2.24) is 4.98 Å². The second-order valence-corrected chi connectivity index (χ2v) is 6.29. The largest absolute Gasteiger partial charge is 0.368 e. The Labute approximate surface area is 154 Å². The van der Waals surface area contributed by atoms with Crippen molar-refractivity contribution in [3.8, 4) is 0 Å². The van der Waals surface area contributed by atoms with Crippen LogP contribution in [0, 0.1) is 0 Å². The van der Waals surface area contributed by atoms with E-state index in [1.165, 1.54) is 6.20 Å². The summed E-state index contributed by atoms with van der Waals surface area (Å²) >= 11 is 12.1. The maximum absolute atomic E-state index is 12.4. The summed E-state index contributed by atoms with van der Waals surface area (Å²) in [5, 5.41) is 5.89. The minimum atomic E-state index is -0.457. The first-order chi connectivity index (χ1) is 12.0. The summed E-state index contributed by atoms with van der Waals surface area (Å²) in [5.41, 5.74) is 0.645. The topological polar surface area (TPSA) is 80.3 Å². The highest BCUT2D eigenvalue weighted by atomic mass is 35.5. The lowest BCUT2D eigenvalue weighted by Gasteiger charge is -2.12. The van der Waals surface area contributed by atoms with Crippen molar-refractivity contribution in [2.24, 2.45) is 0 Å². The molecule has 1 aliphatic rings. The van der Waals surface area contributed by atoms with E-state index >= 15 is 0 Å². The summed E-state index contributed by atoms with van der Waals surface area (Å²) in [4.78, 5) is 28.5. The highest BCUT2D eigenvalue weighted by Gasteiger charge is 2.24. The van der Waals surface area contributed by atoms with Crippen LogP contribution in [0.5, 0.6) is 0 Å². The van der Waals surface area contributed by atoms with E-state index in [4.69, 9.17) is 27.9 Å². The molecule has 1 fully saturated rings. The molecule has 2 heterocycles. The number of ether oxygens (including phenoxy) is 1. The third-order valence-electron chi connectivity index (χ3n) is 3.68. The van der Waals surface area contributed by atoms with Crippen LogP contribution in [0.3, 0.4) is 0 Å². The van der Waals surface area contributed by atoms with Gasteiger partial charge >= 0.3 is 0 Å². The van der Waals surface area contributed by atoms with E-state index in [0.29, 0.717) is 24.5 Å². The molecule has 1 saturated heterocycles. The molecule has 1 unspecified atom stereocenters. The Morgan fingerprint density at radius 2 is 1.92 bits per heavy atom. The number of rotatable bonds is 4. The minimum absolute atomic E-state index is 0.188. The van der Waals surface area contributed by atoms with Gasteiger partial charge in [0.2, 0.25) is 0 Å². The molecule has 1 aromatic carbocycles. The van der Waals surface area contributed by atoms with Crippen LogP contribution in [0.4, 0.5) is 11.5 Å². The number of amides is 2. The van der Waals surface area contributed by atoms with Gasteiger partial charge in [-0.15, -0.1) is 0 Å². The van der Waals surface area contributed by atoms with E-state index in [1.54, 1.807) is 30.3 Å². The van der Waals surface area contributed by atoms with Crippen LogP contribution >= 0.6 is 23.2 Å². The van der Waals surface area contributed by atoms with Gasteiger partial charge in [0.05, 0.1) is 15.6 Å². The van der Waals surface area contributed by atoms with E-state index < -0.39 is 12.0 Å². The Morgan fingerprint density at radius 3 is 2.60 bits per heavy atom. The Bertz CT molecular complexity index is 787. The molecule has 1 atom stereocenters. The van der Waals surface area contributed by atoms with Crippen molar-refractivity contribution in [3.63, 3.8) is 0 Å². The standard InChI is InChI=1S/C17H15Cl2N3O3/c18-11-3-1-4-12(19)15(11)17(24)21-10-6-7-20-14(9-10)22-16(23)13-5-2-8-25-13/h1,3-4,6-7,9,13H,2,5,8H2,(H2,20,21,22,23,24). The fraction of sp³-hybridized carbons (Fsp3) is 0.235. The lowest BCUT2D eigenvalue weighted by Crippen LogP contribution is -2.27. The number of nitrogens with zero attached hydrogens (tertiary/aromatic N) is 1. The molecule has 0 aliphatic carbocycles. The van der Waals surface area contributed by atoms with Crippen molar-refractivity contribution in [3.05, 3.63) is 52.1 Å². The lowest BCUT2D eigenvalue weighted by molar-refractivity contribution is -0.124. The molecule has 0 spiro atoms. The first-order valence-corrected chi connectivity index (χ1v) is 8.44. The first kappa shape index (κ1) is 17.7. The molecule has 130 valence electrons. The maximum Gasteiger partial charge on any atom is 0.258 e. The number of carbonyl (C=O) groups is 2. The van der Waals surface area contributed by atoms with Crippen molar-refractivity contribution in [2.45, 2.75) is 18.9 Å². The zero-order valence-corrected chi connectivity index (χ0v) is 14.6. The molecule has 2 amide bonds. The second kappa shape index (κ2) is 7.82. The molecule has 25 heavy (non-hydrogen) atoms. The molecule has 3 rings (SSSR count). The molecular formula is C17H15Cl2N3O3. The molecule has 1 aliphatic heterocycles. The molecule has 0 radical (unpaired) electrons. The number of nitrogens with one attached hydrogen (secondary N) is 2. The molecule has 8 heteroatoms. The van der Waals surface area contributed by atoms with Crippen LogP contribution in [0.15, 0.2) is 36.5 Å². The zero-order valence-electron chi connectivity index (χ0n) is 13.1. The van der Waals surface area contributed by atoms with Crippen LogP contribution < -0.4 is 10.6 Å². The molecule has 2 N–H and O–H groups in total. The number of halogens is 2. The van der Waals surface area contributed by atoms with E-state index in [2.05, 4.69) is 15.6 Å². The molecule has 2 aromatic rings. The summed E-state index contributed by atoms with van der Waals surface area (Å²) in [7, 11) is 0. The Kier molecular flexibility index (Phi) is 5.53. The molecule has 1 aromatic heterocycles. The van der Waals surface area contributed by atoms with Gasteiger partial charge in [0.25, 0.3) is 11.8 Å². The molecule has 0 bridgehead atoms. The molecule has 0 saturated carbocycles. The highest BCUT2D eigenvalue weighted by molar-refractivity contribution is 6.40. The number of aromatic nitrogens is 1.